The van der Waals surface area contributed by atoms with Gasteiger partial charge in [0.2, 0.25) is 0 Å². The minimum atomic E-state index is -0.101. The van der Waals surface area contributed by atoms with Gasteiger partial charge in [-0.2, -0.15) is 0 Å². The highest BCUT2D eigenvalue weighted by atomic mass is 35.5. The molecule has 2 atom stereocenters. The van der Waals surface area contributed by atoms with Crippen LogP contribution in [0.25, 0.3) is 0 Å². The zero-order chi connectivity index (χ0) is 10.8. The van der Waals surface area contributed by atoms with Gasteiger partial charge in [0.1, 0.15) is 5.15 Å². The summed E-state index contributed by atoms with van der Waals surface area (Å²) in [5, 5.41) is 0.474. The van der Waals surface area contributed by atoms with Gasteiger partial charge in [-0.3, -0.25) is 4.79 Å². The fourth-order valence-electron chi connectivity index (χ4n) is 1.72. The molecule has 0 radical (unpaired) electrons. The second-order valence-corrected chi connectivity index (χ2v) is 4.00. The van der Waals surface area contributed by atoms with Gasteiger partial charge in [0.25, 0.3) is 0 Å². The van der Waals surface area contributed by atoms with Gasteiger partial charge in [-0.15, -0.1) is 0 Å². The molecule has 1 fully saturated rings. The molecule has 0 spiro atoms. The number of esters is 1. The van der Waals surface area contributed by atoms with Gasteiger partial charge in [-0.25, -0.2) is 4.98 Å². The van der Waals surface area contributed by atoms with E-state index < -0.39 is 0 Å². The van der Waals surface area contributed by atoms with Crippen molar-refractivity contribution in [2.75, 3.05) is 6.61 Å². The van der Waals surface area contributed by atoms with Crippen molar-refractivity contribution in [3.63, 3.8) is 0 Å². The van der Waals surface area contributed by atoms with Gasteiger partial charge < -0.3 is 4.74 Å². The number of pyridine rings is 1. The van der Waals surface area contributed by atoms with Crippen molar-refractivity contribution in [3.8, 4) is 0 Å². The lowest BCUT2D eigenvalue weighted by Crippen LogP contribution is -2.07. The third-order valence-electron chi connectivity index (χ3n) is 2.56. The van der Waals surface area contributed by atoms with Crippen LogP contribution in [0.5, 0.6) is 0 Å². The van der Waals surface area contributed by atoms with Crippen molar-refractivity contribution in [1.82, 2.24) is 4.98 Å². The van der Waals surface area contributed by atoms with Crippen LogP contribution < -0.4 is 0 Å². The number of nitrogens with zero attached hydrogens (tertiary/aromatic N) is 1. The standard InChI is InChI=1S/C11H12ClNO2/c1-2-15-11(14)9-6-8(9)7-3-4-13-10(12)5-7/h3-5,8-9H,2,6H2,1H3/t8-,9+/m0/s1. The predicted molar refractivity (Wildman–Crippen MR) is 56.7 cm³/mol. The molecular weight excluding hydrogens is 214 g/mol. The van der Waals surface area contributed by atoms with Gasteiger partial charge in [0, 0.05) is 6.20 Å². The lowest BCUT2D eigenvalue weighted by atomic mass is 10.1. The van der Waals surface area contributed by atoms with E-state index in [0.29, 0.717) is 11.8 Å². The number of hydrogen-bond acceptors (Lipinski definition) is 3. The van der Waals surface area contributed by atoms with Crippen molar-refractivity contribution >= 4 is 17.6 Å². The molecule has 2 rings (SSSR count). The lowest BCUT2D eigenvalue weighted by molar-refractivity contribution is -0.144. The summed E-state index contributed by atoms with van der Waals surface area (Å²) in [6, 6.07) is 3.71. The van der Waals surface area contributed by atoms with E-state index in [9.17, 15) is 4.79 Å². The molecule has 0 aliphatic heterocycles. The maximum Gasteiger partial charge on any atom is 0.309 e. The number of ether oxygens (including phenoxy) is 1. The number of halogens is 1. The summed E-state index contributed by atoms with van der Waals surface area (Å²) in [7, 11) is 0. The molecule has 1 heterocycles. The Labute approximate surface area is 93.4 Å². The second kappa shape index (κ2) is 4.19. The molecule has 0 saturated heterocycles. The third kappa shape index (κ3) is 2.29. The van der Waals surface area contributed by atoms with E-state index >= 15 is 0 Å². The number of hydrogen-bond donors (Lipinski definition) is 0. The molecule has 0 amide bonds. The first-order valence-electron chi connectivity index (χ1n) is 5.00. The molecule has 0 aromatic carbocycles. The lowest BCUT2D eigenvalue weighted by Gasteiger charge is -2.01. The molecule has 3 nitrogen and oxygen atoms in total. The largest absolute Gasteiger partial charge is 0.466 e. The summed E-state index contributed by atoms with van der Waals surface area (Å²) >= 11 is 5.78. The quantitative estimate of drug-likeness (QED) is 0.586. The fourth-order valence-corrected chi connectivity index (χ4v) is 1.90. The van der Waals surface area contributed by atoms with Crippen LogP contribution in [0.1, 0.15) is 24.8 Å². The van der Waals surface area contributed by atoms with Crippen LogP contribution in [0.4, 0.5) is 0 Å². The van der Waals surface area contributed by atoms with Crippen molar-refractivity contribution in [2.45, 2.75) is 19.3 Å². The van der Waals surface area contributed by atoms with Crippen LogP contribution in [0.15, 0.2) is 18.3 Å². The molecule has 1 aromatic heterocycles. The Hall–Kier alpha value is -1.09. The molecule has 1 aliphatic rings. The van der Waals surface area contributed by atoms with Crippen LogP contribution in [0.2, 0.25) is 5.15 Å². The Morgan fingerprint density at radius 1 is 1.73 bits per heavy atom. The first-order valence-corrected chi connectivity index (χ1v) is 5.38. The van der Waals surface area contributed by atoms with Crippen LogP contribution in [0, 0.1) is 5.92 Å². The normalized spacial score (nSPS) is 23.6. The number of carbonyl (C=O) groups is 1. The van der Waals surface area contributed by atoms with Gasteiger partial charge in [0.05, 0.1) is 12.5 Å². The second-order valence-electron chi connectivity index (χ2n) is 3.61. The molecule has 15 heavy (non-hydrogen) atoms. The van der Waals surface area contributed by atoms with Crippen molar-refractivity contribution < 1.29 is 9.53 Å². The molecule has 0 N–H and O–H groups in total. The topological polar surface area (TPSA) is 39.2 Å². The highest BCUT2D eigenvalue weighted by Crippen LogP contribution is 2.48. The Morgan fingerprint density at radius 3 is 3.20 bits per heavy atom. The van der Waals surface area contributed by atoms with E-state index in [2.05, 4.69) is 4.98 Å². The molecule has 1 aromatic rings. The van der Waals surface area contributed by atoms with E-state index in [-0.39, 0.29) is 17.8 Å². The van der Waals surface area contributed by atoms with Gasteiger partial charge in [-0.05, 0) is 37.0 Å². The van der Waals surface area contributed by atoms with Crippen LogP contribution >= 0.6 is 11.6 Å². The predicted octanol–water partition coefficient (Wildman–Crippen LogP) is 2.40. The summed E-state index contributed by atoms with van der Waals surface area (Å²) in [5.41, 5.74) is 1.08. The maximum absolute atomic E-state index is 11.4. The minimum absolute atomic E-state index is 0.0171. The van der Waals surface area contributed by atoms with E-state index in [0.717, 1.165) is 12.0 Å². The SMILES string of the molecule is CCOC(=O)[C@@H]1C[C@H]1c1ccnc(Cl)c1. The monoisotopic (exact) mass is 225 g/mol. The van der Waals surface area contributed by atoms with Crippen molar-refractivity contribution in [3.05, 3.63) is 29.0 Å². The molecule has 80 valence electrons. The molecule has 0 bridgehead atoms. The van der Waals surface area contributed by atoms with Crippen LogP contribution in [-0.4, -0.2) is 17.6 Å². The summed E-state index contributed by atoms with van der Waals surface area (Å²) in [6.45, 7) is 2.26. The minimum Gasteiger partial charge on any atom is -0.466 e. The number of rotatable bonds is 3. The number of aromatic nitrogens is 1. The van der Waals surface area contributed by atoms with Gasteiger partial charge in [0.15, 0.2) is 0 Å². The third-order valence-corrected chi connectivity index (χ3v) is 2.77. The summed E-state index contributed by atoms with van der Waals surface area (Å²) < 4.78 is 4.96. The molecule has 0 unspecified atom stereocenters. The highest BCUT2D eigenvalue weighted by molar-refractivity contribution is 6.29. The highest BCUT2D eigenvalue weighted by Gasteiger charge is 2.45. The fraction of sp³-hybridized carbons (Fsp3) is 0.455. The van der Waals surface area contributed by atoms with E-state index in [4.69, 9.17) is 16.3 Å². The first-order chi connectivity index (χ1) is 7.22. The zero-order valence-electron chi connectivity index (χ0n) is 8.44. The average Bonchev–Trinajstić information content (AvgIpc) is 2.97. The maximum atomic E-state index is 11.4. The van der Waals surface area contributed by atoms with Crippen LogP contribution in [0.3, 0.4) is 0 Å². The van der Waals surface area contributed by atoms with Gasteiger partial charge >= 0.3 is 5.97 Å². The molecule has 4 heteroatoms. The van der Waals surface area contributed by atoms with Crippen molar-refractivity contribution in [2.24, 2.45) is 5.92 Å². The Morgan fingerprint density at radius 2 is 2.53 bits per heavy atom. The smallest absolute Gasteiger partial charge is 0.309 e. The van der Waals surface area contributed by atoms with E-state index in [1.807, 2.05) is 19.1 Å². The summed E-state index contributed by atoms with van der Waals surface area (Å²) in [4.78, 5) is 15.3. The average molecular weight is 226 g/mol. The molecule has 1 aliphatic carbocycles. The van der Waals surface area contributed by atoms with E-state index in [1.165, 1.54) is 0 Å². The summed E-state index contributed by atoms with van der Waals surface area (Å²) in [5.74, 6) is 0.184. The molecule has 1 saturated carbocycles. The number of carbonyl (C=O) groups excluding carboxylic acids is 1. The van der Waals surface area contributed by atoms with E-state index in [1.54, 1.807) is 6.20 Å². The first kappa shape index (κ1) is 10.4. The van der Waals surface area contributed by atoms with Crippen molar-refractivity contribution in [1.29, 1.82) is 0 Å². The van der Waals surface area contributed by atoms with Gasteiger partial charge in [-0.1, -0.05) is 11.6 Å². The Bertz CT molecular complexity index is 381. The zero-order valence-corrected chi connectivity index (χ0v) is 9.20. The van der Waals surface area contributed by atoms with Crippen LogP contribution in [-0.2, 0) is 9.53 Å². The summed E-state index contributed by atoms with van der Waals surface area (Å²) in [6.07, 6.45) is 2.53. The Balaban J connectivity index is 2.01. The molecular formula is C11H12ClNO2. The Kier molecular flexibility index (Phi) is 2.91.